The Hall–Kier alpha value is -2.46. The molecule has 0 fully saturated rings. The first kappa shape index (κ1) is 23.2. The quantitative estimate of drug-likeness (QED) is 0.287. The number of aliphatic hydroxyl groups excluding tert-OH is 1. The summed E-state index contributed by atoms with van der Waals surface area (Å²) in [6, 6.07) is 12.5. The van der Waals surface area contributed by atoms with Gasteiger partial charge in [-0.25, -0.2) is 9.87 Å². The predicted octanol–water partition coefficient (Wildman–Crippen LogP) is 2.94. The summed E-state index contributed by atoms with van der Waals surface area (Å²) >= 11 is 9.63. The topological polar surface area (TPSA) is 90.9 Å². The van der Waals surface area contributed by atoms with Gasteiger partial charge in [-0.05, 0) is 23.8 Å². The minimum atomic E-state index is -1.18. The lowest BCUT2D eigenvalue weighted by atomic mass is 9.98. The van der Waals surface area contributed by atoms with E-state index in [1.807, 2.05) is 30.3 Å². The number of alkyl halides is 1. The molecule has 2 unspecified atom stereocenters. The SMILES string of the molecule is O=C(NOCCO)C1=CN(Cc2ccccc2)C(=O)C(Cl)C1Nc1ccc(Br)cc1F. The summed E-state index contributed by atoms with van der Waals surface area (Å²) in [6.45, 7) is -0.201. The minimum absolute atomic E-state index is 0.0794. The number of rotatable bonds is 8. The largest absolute Gasteiger partial charge is 0.394 e. The van der Waals surface area contributed by atoms with Crippen LogP contribution in [0.4, 0.5) is 10.1 Å². The number of carbonyl (C=O) groups is 2. The van der Waals surface area contributed by atoms with E-state index in [1.165, 1.54) is 23.2 Å². The van der Waals surface area contributed by atoms with Gasteiger partial charge in [0.15, 0.2) is 0 Å². The molecular weight excluding hydrogens is 493 g/mol. The van der Waals surface area contributed by atoms with Crippen LogP contribution in [-0.4, -0.2) is 46.5 Å². The molecular formula is C21H20BrClFN3O4. The van der Waals surface area contributed by atoms with E-state index in [-0.39, 0.29) is 31.0 Å². The normalized spacial score (nSPS) is 18.5. The number of carbonyl (C=O) groups excluding carboxylic acids is 2. The van der Waals surface area contributed by atoms with E-state index in [2.05, 4.69) is 26.7 Å². The van der Waals surface area contributed by atoms with Gasteiger partial charge >= 0.3 is 0 Å². The van der Waals surface area contributed by atoms with Crippen molar-refractivity contribution in [2.75, 3.05) is 18.5 Å². The van der Waals surface area contributed by atoms with Crippen molar-refractivity contribution in [3.63, 3.8) is 0 Å². The number of nitrogens with one attached hydrogen (secondary N) is 2. The molecule has 1 aliphatic rings. The Labute approximate surface area is 191 Å². The highest BCUT2D eigenvalue weighted by Crippen LogP contribution is 2.28. The van der Waals surface area contributed by atoms with E-state index < -0.39 is 29.1 Å². The third-order valence-electron chi connectivity index (χ3n) is 4.50. The second-order valence-electron chi connectivity index (χ2n) is 6.69. The standard InChI is InChI=1S/C21H20BrClFN3O4/c22-14-6-7-17(16(24)10-14)25-19-15(20(29)26-31-9-8-28)12-27(21(30)18(19)23)11-13-4-2-1-3-5-13/h1-7,10,12,18-19,25,28H,8-9,11H2,(H,26,29). The fourth-order valence-electron chi connectivity index (χ4n) is 3.02. The minimum Gasteiger partial charge on any atom is -0.394 e. The highest BCUT2D eigenvalue weighted by atomic mass is 79.9. The molecule has 2 atom stereocenters. The number of hydroxylamine groups is 1. The van der Waals surface area contributed by atoms with Crippen LogP contribution in [0.25, 0.3) is 0 Å². The molecule has 2 amide bonds. The lowest BCUT2D eigenvalue weighted by Crippen LogP contribution is -2.51. The van der Waals surface area contributed by atoms with Gasteiger partial charge in [0.1, 0.15) is 11.2 Å². The second kappa shape index (κ2) is 10.7. The van der Waals surface area contributed by atoms with Crippen LogP contribution in [-0.2, 0) is 21.0 Å². The van der Waals surface area contributed by atoms with E-state index in [4.69, 9.17) is 21.5 Å². The number of nitrogens with zero attached hydrogens (tertiary/aromatic N) is 1. The van der Waals surface area contributed by atoms with Crippen LogP contribution in [0.1, 0.15) is 5.56 Å². The van der Waals surface area contributed by atoms with Gasteiger partial charge in [0.2, 0.25) is 5.91 Å². The number of anilines is 1. The number of aliphatic hydroxyl groups is 1. The van der Waals surface area contributed by atoms with Gasteiger partial charge in [-0.3, -0.25) is 14.4 Å². The third kappa shape index (κ3) is 5.82. The van der Waals surface area contributed by atoms with Crippen molar-refractivity contribution in [2.45, 2.75) is 18.0 Å². The van der Waals surface area contributed by atoms with Gasteiger partial charge in [0.05, 0.1) is 37.1 Å². The molecule has 31 heavy (non-hydrogen) atoms. The van der Waals surface area contributed by atoms with Gasteiger partial charge in [-0.15, -0.1) is 11.6 Å². The Kier molecular flexibility index (Phi) is 8.03. The summed E-state index contributed by atoms with van der Waals surface area (Å²) in [7, 11) is 0. The molecule has 2 aromatic carbocycles. The first-order valence-electron chi connectivity index (χ1n) is 9.35. The fraction of sp³-hybridized carbons (Fsp3) is 0.238. The van der Waals surface area contributed by atoms with Gasteiger partial charge in [0.25, 0.3) is 5.91 Å². The highest BCUT2D eigenvalue weighted by molar-refractivity contribution is 9.10. The fourth-order valence-corrected chi connectivity index (χ4v) is 3.68. The molecule has 0 saturated heterocycles. The van der Waals surface area contributed by atoms with Crippen molar-refractivity contribution in [3.8, 4) is 0 Å². The average molecular weight is 513 g/mol. The van der Waals surface area contributed by atoms with Crippen LogP contribution in [0, 0.1) is 5.82 Å². The molecule has 1 heterocycles. The Balaban J connectivity index is 1.91. The maximum absolute atomic E-state index is 14.4. The number of hydrogen-bond donors (Lipinski definition) is 3. The van der Waals surface area contributed by atoms with Crippen molar-refractivity contribution in [1.29, 1.82) is 0 Å². The Morgan fingerprint density at radius 3 is 2.68 bits per heavy atom. The maximum Gasteiger partial charge on any atom is 0.274 e. The van der Waals surface area contributed by atoms with Gasteiger partial charge in [-0.2, -0.15) is 0 Å². The molecule has 10 heteroatoms. The van der Waals surface area contributed by atoms with Crippen LogP contribution in [0.15, 0.2) is 64.8 Å². The monoisotopic (exact) mass is 511 g/mol. The average Bonchev–Trinajstić information content (AvgIpc) is 2.75. The molecule has 0 saturated carbocycles. The van der Waals surface area contributed by atoms with Crippen LogP contribution in [0.2, 0.25) is 0 Å². The Morgan fingerprint density at radius 2 is 2.00 bits per heavy atom. The van der Waals surface area contributed by atoms with E-state index in [1.54, 1.807) is 6.07 Å². The molecule has 0 spiro atoms. The second-order valence-corrected chi connectivity index (χ2v) is 8.07. The van der Waals surface area contributed by atoms with Crippen LogP contribution < -0.4 is 10.8 Å². The molecule has 0 bridgehead atoms. The van der Waals surface area contributed by atoms with Crippen molar-refractivity contribution >= 4 is 45.0 Å². The molecule has 3 N–H and O–H groups in total. The first-order chi connectivity index (χ1) is 14.9. The summed E-state index contributed by atoms with van der Waals surface area (Å²) in [6.07, 6.45) is 1.38. The van der Waals surface area contributed by atoms with Crippen molar-refractivity contribution < 1.29 is 23.9 Å². The maximum atomic E-state index is 14.4. The summed E-state index contributed by atoms with van der Waals surface area (Å²) in [5.41, 5.74) is 3.21. The van der Waals surface area contributed by atoms with Crippen molar-refractivity contribution in [1.82, 2.24) is 10.4 Å². The van der Waals surface area contributed by atoms with Crippen LogP contribution >= 0.6 is 27.5 Å². The molecule has 0 radical (unpaired) electrons. The zero-order valence-electron chi connectivity index (χ0n) is 16.2. The summed E-state index contributed by atoms with van der Waals surface area (Å²) in [5, 5.41) is 10.5. The van der Waals surface area contributed by atoms with E-state index in [0.29, 0.717) is 4.47 Å². The molecule has 0 aliphatic carbocycles. The zero-order chi connectivity index (χ0) is 22.4. The van der Waals surface area contributed by atoms with Crippen LogP contribution in [0.3, 0.4) is 0 Å². The molecule has 2 aromatic rings. The summed E-state index contributed by atoms with van der Waals surface area (Å²) in [5.74, 6) is -1.68. The third-order valence-corrected chi connectivity index (χ3v) is 5.43. The summed E-state index contributed by atoms with van der Waals surface area (Å²) in [4.78, 5) is 31.9. The van der Waals surface area contributed by atoms with Crippen molar-refractivity contribution in [3.05, 3.63) is 76.2 Å². The number of amides is 2. The van der Waals surface area contributed by atoms with E-state index >= 15 is 0 Å². The summed E-state index contributed by atoms with van der Waals surface area (Å²) < 4.78 is 14.9. The lowest BCUT2D eigenvalue weighted by Gasteiger charge is -2.34. The van der Waals surface area contributed by atoms with Crippen molar-refractivity contribution in [2.24, 2.45) is 0 Å². The number of hydrogen-bond acceptors (Lipinski definition) is 5. The zero-order valence-corrected chi connectivity index (χ0v) is 18.6. The number of halogens is 3. The molecule has 7 nitrogen and oxygen atoms in total. The molecule has 1 aliphatic heterocycles. The Bertz CT molecular complexity index is 976. The van der Waals surface area contributed by atoms with E-state index in [0.717, 1.165) is 5.56 Å². The predicted molar refractivity (Wildman–Crippen MR) is 117 cm³/mol. The number of benzene rings is 2. The Morgan fingerprint density at radius 1 is 1.26 bits per heavy atom. The highest BCUT2D eigenvalue weighted by Gasteiger charge is 2.40. The van der Waals surface area contributed by atoms with Gasteiger partial charge < -0.3 is 15.3 Å². The van der Waals surface area contributed by atoms with Crippen LogP contribution in [0.5, 0.6) is 0 Å². The first-order valence-corrected chi connectivity index (χ1v) is 10.6. The lowest BCUT2D eigenvalue weighted by molar-refractivity contribution is -0.132. The molecule has 0 aromatic heterocycles. The smallest absolute Gasteiger partial charge is 0.274 e. The van der Waals surface area contributed by atoms with Gasteiger partial charge in [0, 0.05) is 10.7 Å². The molecule has 164 valence electrons. The van der Waals surface area contributed by atoms with E-state index in [9.17, 15) is 14.0 Å². The van der Waals surface area contributed by atoms with Gasteiger partial charge in [-0.1, -0.05) is 46.3 Å². The molecule has 3 rings (SSSR count).